The van der Waals surface area contributed by atoms with Crippen LogP contribution in [0.15, 0.2) is 48.8 Å². The molecule has 1 fully saturated rings. The van der Waals surface area contributed by atoms with Crippen LogP contribution in [0.2, 0.25) is 0 Å². The minimum absolute atomic E-state index is 0.0679. The van der Waals surface area contributed by atoms with Crippen molar-refractivity contribution >= 4 is 6.03 Å². The summed E-state index contributed by atoms with van der Waals surface area (Å²) in [5.41, 5.74) is 3.24. The van der Waals surface area contributed by atoms with Gasteiger partial charge in [-0.15, -0.1) is 0 Å². The van der Waals surface area contributed by atoms with Crippen LogP contribution in [0.5, 0.6) is 0 Å². The first kappa shape index (κ1) is 17.4. The van der Waals surface area contributed by atoms with Crippen LogP contribution < -0.4 is 5.32 Å². The Labute approximate surface area is 148 Å². The Morgan fingerprint density at radius 1 is 1.20 bits per heavy atom. The van der Waals surface area contributed by atoms with Crippen molar-refractivity contribution in [2.45, 2.75) is 25.8 Å². The fourth-order valence-corrected chi connectivity index (χ4v) is 3.01. The molecule has 1 heterocycles. The molecular formula is C20H25N3O2. The number of benzene rings is 1. The summed E-state index contributed by atoms with van der Waals surface area (Å²) in [7, 11) is 1.78. The molecule has 0 radical (unpaired) electrons. The van der Waals surface area contributed by atoms with Crippen LogP contribution in [-0.2, 0) is 0 Å². The number of nitrogens with one attached hydrogen (secondary N) is 1. The Morgan fingerprint density at radius 2 is 1.80 bits per heavy atom. The lowest BCUT2D eigenvalue weighted by Crippen LogP contribution is -2.42. The van der Waals surface area contributed by atoms with Gasteiger partial charge in [0.2, 0.25) is 0 Å². The first-order chi connectivity index (χ1) is 12.0. The Kier molecular flexibility index (Phi) is 5.04. The third-order valence-electron chi connectivity index (χ3n) is 4.98. The molecule has 1 aromatic heterocycles. The molecule has 3 rings (SSSR count). The summed E-state index contributed by atoms with van der Waals surface area (Å²) in [5, 5.41) is 12.4. The number of aliphatic hydroxyl groups is 1. The molecule has 5 nitrogen and oxygen atoms in total. The number of hydrogen-bond donors (Lipinski definition) is 2. The van der Waals surface area contributed by atoms with E-state index in [9.17, 15) is 9.90 Å². The van der Waals surface area contributed by atoms with Crippen LogP contribution in [0, 0.1) is 5.41 Å². The molecule has 1 aliphatic carbocycles. The van der Waals surface area contributed by atoms with Gasteiger partial charge < -0.3 is 15.3 Å². The Morgan fingerprint density at radius 3 is 2.36 bits per heavy atom. The molecule has 1 atom stereocenters. The number of carbonyl (C=O) groups excluding carboxylic acids is 1. The molecule has 132 valence electrons. The summed E-state index contributed by atoms with van der Waals surface area (Å²) in [6, 6.07) is 12.0. The molecule has 0 saturated heterocycles. The van der Waals surface area contributed by atoms with Crippen molar-refractivity contribution < 1.29 is 9.90 Å². The molecule has 2 N–H and O–H groups in total. The van der Waals surface area contributed by atoms with Crippen LogP contribution in [0.1, 0.15) is 31.4 Å². The number of rotatable bonds is 6. The minimum Gasteiger partial charge on any atom is -0.396 e. The first-order valence-electron chi connectivity index (χ1n) is 8.66. The topological polar surface area (TPSA) is 65.5 Å². The van der Waals surface area contributed by atoms with E-state index in [0.29, 0.717) is 6.54 Å². The van der Waals surface area contributed by atoms with Gasteiger partial charge in [0.1, 0.15) is 0 Å². The summed E-state index contributed by atoms with van der Waals surface area (Å²) in [6.45, 7) is 2.73. The molecule has 1 aliphatic rings. The quantitative estimate of drug-likeness (QED) is 0.849. The van der Waals surface area contributed by atoms with Gasteiger partial charge in [0.15, 0.2) is 0 Å². The van der Waals surface area contributed by atoms with Crippen molar-refractivity contribution in [1.82, 2.24) is 15.2 Å². The summed E-state index contributed by atoms with van der Waals surface area (Å²) in [6.07, 6.45) is 5.54. The SMILES string of the molecule is C[C@H](NC(=O)N(C)CC1(CO)CC1)c1ccc(-c2ccncc2)cc1. The fraction of sp³-hybridized carbons (Fsp3) is 0.400. The van der Waals surface area contributed by atoms with Gasteiger partial charge in [-0.05, 0) is 48.6 Å². The number of urea groups is 1. The molecule has 2 aromatic rings. The molecule has 0 spiro atoms. The number of pyridine rings is 1. The van der Waals surface area contributed by atoms with E-state index in [0.717, 1.165) is 29.5 Å². The molecule has 25 heavy (non-hydrogen) atoms. The lowest BCUT2D eigenvalue weighted by molar-refractivity contribution is 0.160. The minimum atomic E-state index is -0.106. The van der Waals surface area contributed by atoms with E-state index in [1.54, 1.807) is 24.3 Å². The van der Waals surface area contributed by atoms with E-state index in [1.807, 2.05) is 31.2 Å². The van der Waals surface area contributed by atoms with E-state index >= 15 is 0 Å². The maximum atomic E-state index is 12.4. The maximum Gasteiger partial charge on any atom is 0.317 e. The second kappa shape index (κ2) is 7.23. The molecule has 0 unspecified atom stereocenters. The molecule has 1 saturated carbocycles. The molecule has 1 aromatic carbocycles. The fourth-order valence-electron chi connectivity index (χ4n) is 3.01. The number of aromatic nitrogens is 1. The molecule has 0 bridgehead atoms. The highest BCUT2D eigenvalue weighted by Crippen LogP contribution is 2.45. The van der Waals surface area contributed by atoms with Gasteiger partial charge in [0.05, 0.1) is 12.6 Å². The Bertz CT molecular complexity index is 711. The second-order valence-electron chi connectivity index (χ2n) is 7.04. The van der Waals surface area contributed by atoms with Gasteiger partial charge in [-0.25, -0.2) is 4.79 Å². The molecule has 5 heteroatoms. The van der Waals surface area contributed by atoms with Gasteiger partial charge in [-0.2, -0.15) is 0 Å². The Balaban J connectivity index is 1.59. The van der Waals surface area contributed by atoms with Crippen LogP contribution >= 0.6 is 0 Å². The number of aliphatic hydroxyl groups excluding tert-OH is 1. The predicted molar refractivity (Wildman–Crippen MR) is 98.0 cm³/mol. The molecule has 2 amide bonds. The third-order valence-corrected chi connectivity index (χ3v) is 4.98. The standard InChI is InChI=1S/C20H25N3O2/c1-15(22-19(25)23(2)13-20(14-24)9-10-20)16-3-5-17(6-4-16)18-7-11-21-12-8-18/h3-8,11-12,15,24H,9-10,13-14H2,1-2H3,(H,22,25)/t15-/m0/s1. The van der Waals surface area contributed by atoms with Crippen LogP contribution in [0.3, 0.4) is 0 Å². The normalized spacial score (nSPS) is 16.1. The largest absolute Gasteiger partial charge is 0.396 e. The maximum absolute atomic E-state index is 12.4. The lowest BCUT2D eigenvalue weighted by atomic mass is 10.0. The summed E-state index contributed by atoms with van der Waals surface area (Å²) in [4.78, 5) is 18.1. The van der Waals surface area contributed by atoms with Gasteiger partial charge in [-0.1, -0.05) is 24.3 Å². The van der Waals surface area contributed by atoms with E-state index in [2.05, 4.69) is 22.4 Å². The zero-order valence-electron chi connectivity index (χ0n) is 14.8. The number of nitrogens with zero attached hydrogens (tertiary/aromatic N) is 2. The average Bonchev–Trinajstić information content (AvgIpc) is 3.42. The number of carbonyl (C=O) groups is 1. The average molecular weight is 339 g/mol. The third kappa shape index (κ3) is 4.17. The zero-order valence-corrected chi connectivity index (χ0v) is 14.8. The number of amides is 2. The zero-order chi connectivity index (χ0) is 17.9. The van der Waals surface area contributed by atoms with Crippen molar-refractivity contribution in [2.24, 2.45) is 5.41 Å². The molecule has 0 aliphatic heterocycles. The summed E-state index contributed by atoms with van der Waals surface area (Å²) >= 11 is 0. The van der Waals surface area contributed by atoms with Crippen molar-refractivity contribution in [1.29, 1.82) is 0 Å². The Hall–Kier alpha value is -2.40. The highest BCUT2D eigenvalue weighted by molar-refractivity contribution is 5.74. The van der Waals surface area contributed by atoms with Gasteiger partial charge in [-0.3, -0.25) is 4.98 Å². The smallest absolute Gasteiger partial charge is 0.317 e. The predicted octanol–water partition coefficient (Wildman–Crippen LogP) is 3.22. The highest BCUT2D eigenvalue weighted by Gasteiger charge is 2.43. The lowest BCUT2D eigenvalue weighted by Gasteiger charge is -2.25. The van der Waals surface area contributed by atoms with Crippen molar-refractivity contribution in [3.63, 3.8) is 0 Å². The monoisotopic (exact) mass is 339 g/mol. The van der Waals surface area contributed by atoms with Crippen LogP contribution in [-0.4, -0.2) is 41.2 Å². The van der Waals surface area contributed by atoms with Gasteiger partial charge in [0, 0.05) is 31.4 Å². The molecular weight excluding hydrogens is 314 g/mol. The van der Waals surface area contributed by atoms with Crippen molar-refractivity contribution in [3.8, 4) is 11.1 Å². The summed E-state index contributed by atoms with van der Waals surface area (Å²) < 4.78 is 0. The van der Waals surface area contributed by atoms with Gasteiger partial charge in [0.25, 0.3) is 0 Å². The van der Waals surface area contributed by atoms with Crippen LogP contribution in [0.4, 0.5) is 4.79 Å². The van der Waals surface area contributed by atoms with E-state index in [-0.39, 0.29) is 24.1 Å². The van der Waals surface area contributed by atoms with Gasteiger partial charge >= 0.3 is 6.03 Å². The van der Waals surface area contributed by atoms with E-state index < -0.39 is 0 Å². The van der Waals surface area contributed by atoms with Crippen molar-refractivity contribution in [3.05, 3.63) is 54.4 Å². The first-order valence-corrected chi connectivity index (χ1v) is 8.66. The highest BCUT2D eigenvalue weighted by atomic mass is 16.3. The van der Waals surface area contributed by atoms with E-state index in [1.165, 1.54) is 0 Å². The van der Waals surface area contributed by atoms with Crippen LogP contribution in [0.25, 0.3) is 11.1 Å². The number of hydrogen-bond acceptors (Lipinski definition) is 3. The van der Waals surface area contributed by atoms with E-state index in [4.69, 9.17) is 0 Å². The van der Waals surface area contributed by atoms with Crippen molar-refractivity contribution in [2.75, 3.05) is 20.2 Å². The second-order valence-corrected chi connectivity index (χ2v) is 7.04. The summed E-state index contributed by atoms with van der Waals surface area (Å²) in [5.74, 6) is 0.